The number of ether oxygens (including phenoxy) is 1. The van der Waals surface area contributed by atoms with Crippen LogP contribution in [0.3, 0.4) is 0 Å². The van der Waals surface area contributed by atoms with Gasteiger partial charge in [-0.1, -0.05) is 6.07 Å². The Kier molecular flexibility index (Phi) is 3.98. The quantitative estimate of drug-likeness (QED) is 0.943. The van der Waals surface area contributed by atoms with E-state index in [1.54, 1.807) is 6.20 Å². The second-order valence-electron chi connectivity index (χ2n) is 7.06. The molecule has 5 heteroatoms. The van der Waals surface area contributed by atoms with Crippen molar-refractivity contribution in [3.8, 4) is 0 Å². The van der Waals surface area contributed by atoms with Crippen LogP contribution in [0, 0.1) is 5.41 Å². The van der Waals surface area contributed by atoms with Crippen LogP contribution in [0.15, 0.2) is 36.5 Å². The lowest BCUT2D eigenvalue weighted by Crippen LogP contribution is -2.45. The van der Waals surface area contributed by atoms with Gasteiger partial charge in [-0.05, 0) is 44.0 Å². The fraction of sp³-hybridized carbons (Fsp3) is 0.474. The fourth-order valence-electron chi connectivity index (χ4n) is 3.45. The number of carbonyl (C=O) groups excluding carboxylic acids is 1. The van der Waals surface area contributed by atoms with Gasteiger partial charge in [0.25, 0.3) is 0 Å². The lowest BCUT2D eigenvalue weighted by Gasteiger charge is -2.28. The van der Waals surface area contributed by atoms with Crippen molar-refractivity contribution in [1.29, 1.82) is 0 Å². The number of nitrogens with one attached hydrogen (secondary N) is 1. The van der Waals surface area contributed by atoms with Crippen LogP contribution in [0.1, 0.15) is 19.8 Å². The summed E-state index contributed by atoms with van der Waals surface area (Å²) in [6.45, 7) is 5.30. The molecular formula is C19H23N3O2. The van der Waals surface area contributed by atoms with Crippen molar-refractivity contribution in [2.24, 2.45) is 5.41 Å². The number of amides is 1. The number of rotatable bonds is 3. The molecule has 1 amide bonds. The molecule has 1 spiro atoms. The van der Waals surface area contributed by atoms with Crippen LogP contribution in [0.4, 0.5) is 5.69 Å². The summed E-state index contributed by atoms with van der Waals surface area (Å²) < 4.78 is 5.73. The van der Waals surface area contributed by atoms with Gasteiger partial charge in [-0.25, -0.2) is 0 Å². The van der Waals surface area contributed by atoms with Crippen LogP contribution in [-0.2, 0) is 9.53 Å². The number of anilines is 1. The minimum Gasteiger partial charge on any atom is -0.379 e. The van der Waals surface area contributed by atoms with Gasteiger partial charge in [0, 0.05) is 30.1 Å². The Morgan fingerprint density at radius 2 is 2.21 bits per heavy atom. The largest absolute Gasteiger partial charge is 0.379 e. The molecule has 2 aromatic rings. The average Bonchev–Trinajstić information content (AvgIpc) is 3.40. The smallest absolute Gasteiger partial charge is 0.241 e. The maximum absolute atomic E-state index is 12.8. The first-order valence-corrected chi connectivity index (χ1v) is 8.63. The molecule has 5 nitrogen and oxygen atoms in total. The Morgan fingerprint density at radius 1 is 1.33 bits per heavy atom. The molecule has 0 bridgehead atoms. The number of aromatic nitrogens is 1. The number of fused-ring (bicyclic) bond motifs is 1. The first-order chi connectivity index (χ1) is 11.7. The molecule has 2 fully saturated rings. The molecule has 4 rings (SSSR count). The topological polar surface area (TPSA) is 54.5 Å². The van der Waals surface area contributed by atoms with Crippen molar-refractivity contribution in [1.82, 2.24) is 9.88 Å². The Bertz CT molecular complexity index is 752. The molecule has 1 N–H and O–H groups in total. The van der Waals surface area contributed by atoms with Gasteiger partial charge in [-0.3, -0.25) is 14.7 Å². The Morgan fingerprint density at radius 3 is 3.04 bits per heavy atom. The first-order valence-electron chi connectivity index (χ1n) is 8.63. The van der Waals surface area contributed by atoms with E-state index in [4.69, 9.17) is 4.74 Å². The minimum atomic E-state index is -0.170. The summed E-state index contributed by atoms with van der Waals surface area (Å²) in [5, 5.41) is 4.06. The van der Waals surface area contributed by atoms with Crippen molar-refractivity contribution >= 4 is 22.5 Å². The summed E-state index contributed by atoms with van der Waals surface area (Å²) in [6.07, 6.45) is 4.20. The van der Waals surface area contributed by atoms with Gasteiger partial charge in [-0.2, -0.15) is 0 Å². The minimum absolute atomic E-state index is 0.0315. The van der Waals surface area contributed by atoms with E-state index < -0.39 is 0 Å². The summed E-state index contributed by atoms with van der Waals surface area (Å²) in [6, 6.07) is 9.52. The molecule has 2 heterocycles. The molecule has 24 heavy (non-hydrogen) atoms. The molecule has 0 radical (unpaired) electrons. The molecule has 1 aromatic heterocycles. The summed E-state index contributed by atoms with van der Waals surface area (Å²) in [5.41, 5.74) is 2.02. The second-order valence-corrected chi connectivity index (χ2v) is 7.06. The zero-order chi connectivity index (χ0) is 16.6. The molecule has 1 atom stereocenters. The number of nitrogens with zero attached hydrogens (tertiary/aromatic N) is 2. The lowest BCUT2D eigenvalue weighted by molar-refractivity contribution is -0.120. The van der Waals surface area contributed by atoms with Crippen molar-refractivity contribution in [3.05, 3.63) is 36.5 Å². The number of carbonyl (C=O) groups is 1. The normalized spacial score (nSPS) is 21.4. The third kappa shape index (κ3) is 3.01. The highest BCUT2D eigenvalue weighted by Gasteiger charge is 2.46. The van der Waals surface area contributed by atoms with Gasteiger partial charge in [0.05, 0.1) is 30.5 Å². The number of benzene rings is 1. The number of hydrogen-bond donors (Lipinski definition) is 1. The third-order valence-corrected chi connectivity index (χ3v) is 5.26. The van der Waals surface area contributed by atoms with E-state index >= 15 is 0 Å². The number of hydrogen-bond acceptors (Lipinski definition) is 4. The van der Waals surface area contributed by atoms with Crippen molar-refractivity contribution in [2.45, 2.75) is 25.8 Å². The SMILES string of the molecule is CC(C(=O)Nc1cccc2ncccc12)N1CCOCC2(CC2)C1. The van der Waals surface area contributed by atoms with Gasteiger partial charge < -0.3 is 10.1 Å². The molecule has 1 aliphatic heterocycles. The van der Waals surface area contributed by atoms with Crippen LogP contribution >= 0.6 is 0 Å². The molecule has 2 aliphatic rings. The van der Waals surface area contributed by atoms with Gasteiger partial charge in [0.15, 0.2) is 0 Å². The van der Waals surface area contributed by atoms with E-state index in [0.717, 1.165) is 36.3 Å². The highest BCUT2D eigenvalue weighted by molar-refractivity contribution is 6.02. The summed E-state index contributed by atoms with van der Waals surface area (Å²) >= 11 is 0. The Balaban J connectivity index is 1.50. The first kappa shape index (κ1) is 15.5. The maximum atomic E-state index is 12.8. The van der Waals surface area contributed by atoms with Gasteiger partial charge in [-0.15, -0.1) is 0 Å². The summed E-state index contributed by atoms with van der Waals surface area (Å²) in [5.74, 6) is 0.0315. The summed E-state index contributed by atoms with van der Waals surface area (Å²) in [7, 11) is 0. The van der Waals surface area contributed by atoms with E-state index in [2.05, 4.69) is 15.2 Å². The van der Waals surface area contributed by atoms with Crippen LogP contribution in [0.25, 0.3) is 10.9 Å². The van der Waals surface area contributed by atoms with Gasteiger partial charge >= 0.3 is 0 Å². The Hall–Kier alpha value is -1.98. The zero-order valence-electron chi connectivity index (χ0n) is 14.0. The maximum Gasteiger partial charge on any atom is 0.241 e. The molecule has 1 unspecified atom stereocenters. The zero-order valence-corrected chi connectivity index (χ0v) is 14.0. The van der Waals surface area contributed by atoms with E-state index in [0.29, 0.717) is 12.0 Å². The third-order valence-electron chi connectivity index (χ3n) is 5.26. The predicted molar refractivity (Wildman–Crippen MR) is 93.9 cm³/mol. The predicted octanol–water partition coefficient (Wildman–Crippen LogP) is 2.67. The van der Waals surface area contributed by atoms with Gasteiger partial charge in [0.2, 0.25) is 5.91 Å². The van der Waals surface area contributed by atoms with Crippen LogP contribution in [0.2, 0.25) is 0 Å². The number of pyridine rings is 1. The second kappa shape index (κ2) is 6.15. The van der Waals surface area contributed by atoms with Crippen molar-refractivity contribution in [3.63, 3.8) is 0 Å². The molecule has 1 saturated carbocycles. The summed E-state index contributed by atoms with van der Waals surface area (Å²) in [4.78, 5) is 19.4. The molecule has 1 aliphatic carbocycles. The molecular weight excluding hydrogens is 302 g/mol. The van der Waals surface area contributed by atoms with E-state index in [9.17, 15) is 4.79 Å². The highest BCUT2D eigenvalue weighted by Crippen LogP contribution is 2.47. The molecule has 126 valence electrons. The monoisotopic (exact) mass is 325 g/mol. The van der Waals surface area contributed by atoms with E-state index in [1.165, 1.54) is 12.8 Å². The van der Waals surface area contributed by atoms with Crippen molar-refractivity contribution < 1.29 is 9.53 Å². The standard InChI is InChI=1S/C19H23N3O2/c1-14(22-10-11-24-13-19(12-22)7-8-19)18(23)21-17-6-2-5-16-15(17)4-3-9-20-16/h2-6,9,14H,7-8,10-13H2,1H3,(H,21,23). The average molecular weight is 325 g/mol. The molecule has 1 saturated heterocycles. The fourth-order valence-corrected chi connectivity index (χ4v) is 3.45. The van der Waals surface area contributed by atoms with E-state index in [-0.39, 0.29) is 11.9 Å². The lowest BCUT2D eigenvalue weighted by atomic mass is 10.1. The highest BCUT2D eigenvalue weighted by atomic mass is 16.5. The van der Waals surface area contributed by atoms with Crippen LogP contribution in [0.5, 0.6) is 0 Å². The molecule has 1 aromatic carbocycles. The van der Waals surface area contributed by atoms with Crippen LogP contribution < -0.4 is 5.32 Å². The Labute approximate surface area is 142 Å². The van der Waals surface area contributed by atoms with Gasteiger partial charge in [0.1, 0.15) is 0 Å². The van der Waals surface area contributed by atoms with E-state index in [1.807, 2.05) is 37.3 Å². The van der Waals surface area contributed by atoms with Crippen LogP contribution in [-0.4, -0.2) is 48.1 Å². The van der Waals surface area contributed by atoms with Crippen molar-refractivity contribution in [2.75, 3.05) is 31.6 Å².